The number of aliphatic hydroxyl groups excluding tert-OH is 6. The number of ether oxygens (including phenoxy) is 6. The molecule has 9 unspecified atom stereocenters. The molecule has 43 heavy (non-hydrogen) atoms. The predicted octanol–water partition coefficient (Wildman–Crippen LogP) is -5.78. The molecule has 4 aliphatic rings. The molecule has 4 rings (SSSR count). The molecule has 3 aliphatic heterocycles. The molecule has 3 heterocycles. The van der Waals surface area contributed by atoms with Crippen LogP contribution >= 0.6 is 0 Å². The van der Waals surface area contributed by atoms with E-state index in [1.807, 2.05) is 6.92 Å². The molecule has 1 aliphatic carbocycles. The lowest BCUT2D eigenvalue weighted by Gasteiger charge is -2.46. The first kappa shape index (κ1) is 35.2. The first-order valence-corrected chi connectivity index (χ1v) is 15.0. The summed E-state index contributed by atoms with van der Waals surface area (Å²) < 4.78 is 35.5. The first-order valence-electron chi connectivity index (χ1n) is 15.0. The van der Waals surface area contributed by atoms with Gasteiger partial charge in [0.2, 0.25) is 0 Å². The van der Waals surface area contributed by atoms with Crippen LogP contribution in [0.15, 0.2) is 0 Å². The Morgan fingerprint density at radius 3 is 1.86 bits per heavy atom. The average Bonchev–Trinajstić information content (AvgIpc) is 3.28. The summed E-state index contributed by atoms with van der Waals surface area (Å²) in [6.07, 6.45) is -13.0. The summed E-state index contributed by atoms with van der Waals surface area (Å²) in [7, 11) is 0. The second-order valence-electron chi connectivity index (χ2n) is 12.1. The number of hydrogen-bond donors (Lipinski definition) is 11. The van der Waals surface area contributed by atoms with Gasteiger partial charge in [-0.1, -0.05) is 13.3 Å². The number of hydrogen-bond acceptors (Lipinski definition) is 17. The van der Waals surface area contributed by atoms with Crippen molar-refractivity contribution >= 4 is 0 Å². The van der Waals surface area contributed by atoms with Gasteiger partial charge in [-0.15, -0.1) is 0 Å². The summed E-state index contributed by atoms with van der Waals surface area (Å²) in [4.78, 5) is 0. The van der Waals surface area contributed by atoms with Crippen molar-refractivity contribution in [2.45, 2.75) is 137 Å². The van der Waals surface area contributed by atoms with E-state index in [1.54, 1.807) is 0 Å². The predicted molar refractivity (Wildman–Crippen MR) is 147 cm³/mol. The molecular formula is C26H51N5O12. The summed E-state index contributed by atoms with van der Waals surface area (Å²) in [6, 6.07) is -3.28. The normalized spacial score (nSPS) is 51.1. The first-order chi connectivity index (χ1) is 20.4. The van der Waals surface area contributed by atoms with Gasteiger partial charge >= 0.3 is 0 Å². The van der Waals surface area contributed by atoms with Crippen molar-refractivity contribution in [2.75, 3.05) is 19.8 Å². The second-order valence-corrected chi connectivity index (χ2v) is 12.1. The van der Waals surface area contributed by atoms with Crippen molar-refractivity contribution in [3.05, 3.63) is 0 Å². The smallest absolute Gasteiger partial charge is 0.187 e. The monoisotopic (exact) mass is 625 g/mol. The Labute approximate surface area is 250 Å². The lowest BCUT2D eigenvalue weighted by Crippen LogP contribution is -2.66. The standard InChI is InChI=1S/C26H51N5O12/c1-2-3-9-4-12(30)24(39-14(9)7-32)41-21-11(29)5-10(28)17(34)23(21)43-26-20(37)22(15(8-33)40-26)42-25-16(31)19(36)18(35)13(6-27)38-25/h9-26,32-37H,2-8,27-31H2,1H3/t9-,10+,11?,12?,13?,14?,15+,16?,17+,18+,19?,20?,21+,22?,23?,24+,25+,26-/m0/s1. The Morgan fingerprint density at radius 1 is 0.628 bits per heavy atom. The van der Waals surface area contributed by atoms with Gasteiger partial charge < -0.3 is 87.7 Å². The van der Waals surface area contributed by atoms with Gasteiger partial charge in [0.25, 0.3) is 0 Å². The van der Waals surface area contributed by atoms with Crippen LogP contribution in [0.25, 0.3) is 0 Å². The largest absolute Gasteiger partial charge is 0.394 e. The molecule has 4 fully saturated rings. The van der Waals surface area contributed by atoms with Crippen molar-refractivity contribution in [3.63, 3.8) is 0 Å². The molecule has 0 bridgehead atoms. The van der Waals surface area contributed by atoms with E-state index in [4.69, 9.17) is 57.1 Å². The summed E-state index contributed by atoms with van der Waals surface area (Å²) in [6.45, 7) is 1.07. The zero-order chi connectivity index (χ0) is 31.6. The second kappa shape index (κ2) is 15.3. The fourth-order valence-electron chi connectivity index (χ4n) is 6.47. The van der Waals surface area contributed by atoms with E-state index >= 15 is 0 Å². The molecule has 16 N–H and O–H groups in total. The minimum absolute atomic E-state index is 0.0519. The van der Waals surface area contributed by atoms with Gasteiger partial charge in [0, 0.05) is 18.6 Å². The molecule has 1 saturated carbocycles. The molecule has 0 amide bonds. The molecular weight excluding hydrogens is 574 g/mol. The lowest BCUT2D eigenvalue weighted by atomic mass is 9.84. The Hall–Kier alpha value is -0.680. The average molecular weight is 626 g/mol. The van der Waals surface area contributed by atoms with Gasteiger partial charge in [-0.3, -0.25) is 0 Å². The maximum absolute atomic E-state index is 11.2. The Bertz CT molecular complexity index is 867. The van der Waals surface area contributed by atoms with Crippen LogP contribution in [0.3, 0.4) is 0 Å². The Kier molecular flexibility index (Phi) is 12.5. The fourth-order valence-corrected chi connectivity index (χ4v) is 6.47. The SMILES string of the molecule is CCC[C@H]1CC(N)[C@@H](O[C@@H]2C(N)C[C@@H](N)[C@@H](O)C2O[C@@H]2O[C@H](CO)C(O[C@H]3OC(CN)[C@@H](O)C(O)C3N)C2O)OC1CO. The van der Waals surface area contributed by atoms with Crippen LogP contribution in [0.2, 0.25) is 0 Å². The van der Waals surface area contributed by atoms with Gasteiger partial charge in [0.1, 0.15) is 48.8 Å². The number of rotatable bonds is 11. The lowest BCUT2D eigenvalue weighted by molar-refractivity contribution is -0.295. The molecule has 0 radical (unpaired) electrons. The highest BCUT2D eigenvalue weighted by Gasteiger charge is 2.53. The van der Waals surface area contributed by atoms with Crippen LogP contribution in [-0.4, -0.2) is 154 Å². The van der Waals surface area contributed by atoms with Crippen molar-refractivity contribution in [2.24, 2.45) is 34.6 Å². The van der Waals surface area contributed by atoms with Gasteiger partial charge in [0.05, 0.1) is 37.5 Å². The van der Waals surface area contributed by atoms with E-state index < -0.39 is 111 Å². The number of nitrogens with two attached hydrogens (primary N) is 5. The maximum atomic E-state index is 11.2. The zero-order valence-electron chi connectivity index (χ0n) is 24.4. The highest BCUT2D eigenvalue weighted by molar-refractivity contribution is 5.01. The van der Waals surface area contributed by atoms with Crippen LogP contribution in [0.4, 0.5) is 0 Å². The quantitative estimate of drug-likeness (QED) is 0.102. The maximum Gasteiger partial charge on any atom is 0.187 e. The van der Waals surface area contributed by atoms with Crippen LogP contribution in [0.5, 0.6) is 0 Å². The van der Waals surface area contributed by atoms with Crippen molar-refractivity contribution < 1.29 is 59.1 Å². The minimum Gasteiger partial charge on any atom is -0.394 e. The van der Waals surface area contributed by atoms with E-state index in [1.165, 1.54) is 0 Å². The summed E-state index contributed by atoms with van der Waals surface area (Å²) >= 11 is 0. The van der Waals surface area contributed by atoms with Crippen molar-refractivity contribution in [1.82, 2.24) is 0 Å². The van der Waals surface area contributed by atoms with E-state index in [0.717, 1.165) is 12.8 Å². The third-order valence-corrected chi connectivity index (χ3v) is 8.99. The van der Waals surface area contributed by atoms with E-state index in [9.17, 15) is 30.6 Å². The van der Waals surface area contributed by atoms with Crippen LogP contribution in [0.1, 0.15) is 32.6 Å². The molecule has 252 valence electrons. The molecule has 18 atom stereocenters. The van der Waals surface area contributed by atoms with Gasteiger partial charge in [-0.05, 0) is 25.2 Å². The van der Waals surface area contributed by atoms with Crippen molar-refractivity contribution in [3.8, 4) is 0 Å². The van der Waals surface area contributed by atoms with E-state index in [-0.39, 0.29) is 25.5 Å². The van der Waals surface area contributed by atoms with Crippen LogP contribution < -0.4 is 28.7 Å². The molecule has 0 aromatic rings. The van der Waals surface area contributed by atoms with E-state index in [2.05, 4.69) is 0 Å². The van der Waals surface area contributed by atoms with Crippen LogP contribution in [0, 0.1) is 5.92 Å². The summed E-state index contributed by atoms with van der Waals surface area (Å²) in [5.74, 6) is 0.0519. The zero-order valence-corrected chi connectivity index (χ0v) is 24.4. The van der Waals surface area contributed by atoms with E-state index in [0.29, 0.717) is 6.42 Å². The topological polar surface area (TPSA) is 307 Å². The summed E-state index contributed by atoms with van der Waals surface area (Å²) in [5, 5.41) is 62.6. The third-order valence-electron chi connectivity index (χ3n) is 8.99. The molecule has 0 spiro atoms. The van der Waals surface area contributed by atoms with Crippen molar-refractivity contribution in [1.29, 1.82) is 0 Å². The highest BCUT2D eigenvalue weighted by Crippen LogP contribution is 2.35. The fraction of sp³-hybridized carbons (Fsp3) is 1.00. The minimum atomic E-state index is -1.54. The Balaban J connectivity index is 1.48. The van der Waals surface area contributed by atoms with Gasteiger partial charge in [-0.2, -0.15) is 0 Å². The molecule has 17 nitrogen and oxygen atoms in total. The Morgan fingerprint density at radius 2 is 1.23 bits per heavy atom. The summed E-state index contributed by atoms with van der Waals surface area (Å²) in [5.41, 5.74) is 30.6. The molecule has 3 saturated heterocycles. The van der Waals surface area contributed by atoms with Gasteiger partial charge in [0.15, 0.2) is 18.9 Å². The van der Waals surface area contributed by atoms with Crippen LogP contribution in [-0.2, 0) is 28.4 Å². The number of aliphatic hydroxyl groups is 6. The highest BCUT2D eigenvalue weighted by atomic mass is 16.8. The molecule has 0 aromatic heterocycles. The molecule has 17 heteroatoms. The third kappa shape index (κ3) is 7.50. The molecule has 0 aromatic carbocycles. The van der Waals surface area contributed by atoms with Gasteiger partial charge in [-0.25, -0.2) is 0 Å².